The monoisotopic (exact) mass is 493 g/mol. The van der Waals surface area contributed by atoms with Crippen molar-refractivity contribution in [1.82, 2.24) is 20.0 Å². The number of piperidine rings is 1. The van der Waals surface area contributed by atoms with Crippen molar-refractivity contribution in [3.8, 4) is 0 Å². The molecule has 2 aliphatic rings. The number of piperazine rings is 1. The molecule has 0 saturated carbocycles. The topological polar surface area (TPSA) is 34.1 Å². The molecule has 2 saturated heterocycles. The van der Waals surface area contributed by atoms with Gasteiger partial charge >= 0.3 is 0 Å². The lowest BCUT2D eigenvalue weighted by Gasteiger charge is -2.42. The fourth-order valence-electron chi connectivity index (χ4n) is 4.43. The standard InChI is InChI=1S/C21H43N5.HI/c1-5-10-21(3)11-9-14-26(19-21)20(22-6-2)23-12-7-8-13-25-17-15-24(4)16-18-25;/h5-19H2,1-4H3,(H,22,23);1H. The van der Waals surface area contributed by atoms with Gasteiger partial charge in [-0.1, -0.05) is 20.3 Å². The molecule has 0 spiro atoms. The predicted molar refractivity (Wildman–Crippen MR) is 128 cm³/mol. The van der Waals surface area contributed by atoms with E-state index in [9.17, 15) is 0 Å². The summed E-state index contributed by atoms with van der Waals surface area (Å²) in [6.45, 7) is 17.3. The molecule has 6 heteroatoms. The van der Waals surface area contributed by atoms with E-state index in [2.05, 4.69) is 47.8 Å². The van der Waals surface area contributed by atoms with Crippen LogP contribution in [-0.4, -0.2) is 86.6 Å². The Balaban J connectivity index is 0.00000364. The first kappa shape index (κ1) is 25.0. The fraction of sp³-hybridized carbons (Fsp3) is 0.952. The lowest BCUT2D eigenvalue weighted by Crippen LogP contribution is -2.49. The van der Waals surface area contributed by atoms with Crippen molar-refractivity contribution in [3.63, 3.8) is 0 Å². The van der Waals surface area contributed by atoms with E-state index < -0.39 is 0 Å². The number of nitrogens with zero attached hydrogens (tertiary/aromatic N) is 4. The Hall–Kier alpha value is -0.0800. The highest BCUT2D eigenvalue weighted by atomic mass is 127. The third-order valence-electron chi connectivity index (χ3n) is 6.01. The molecule has 0 bridgehead atoms. The van der Waals surface area contributed by atoms with Gasteiger partial charge in [0.05, 0.1) is 0 Å². The number of likely N-dealkylation sites (tertiary alicyclic amines) is 1. The van der Waals surface area contributed by atoms with Crippen LogP contribution < -0.4 is 5.32 Å². The Morgan fingerprint density at radius 2 is 1.81 bits per heavy atom. The minimum atomic E-state index is 0. The van der Waals surface area contributed by atoms with Crippen molar-refractivity contribution in [2.75, 3.05) is 66.0 Å². The molecule has 160 valence electrons. The molecule has 0 aromatic carbocycles. The summed E-state index contributed by atoms with van der Waals surface area (Å²) in [6, 6.07) is 0. The van der Waals surface area contributed by atoms with Gasteiger partial charge in [-0.3, -0.25) is 4.99 Å². The number of nitrogens with one attached hydrogen (secondary N) is 1. The molecule has 5 nitrogen and oxygen atoms in total. The highest BCUT2D eigenvalue weighted by Gasteiger charge is 2.31. The summed E-state index contributed by atoms with van der Waals surface area (Å²) >= 11 is 0. The van der Waals surface area contributed by atoms with Gasteiger partial charge in [0.1, 0.15) is 0 Å². The summed E-state index contributed by atoms with van der Waals surface area (Å²) in [5, 5.41) is 3.54. The minimum Gasteiger partial charge on any atom is -0.357 e. The second-order valence-electron chi connectivity index (χ2n) is 8.67. The summed E-state index contributed by atoms with van der Waals surface area (Å²) in [4.78, 5) is 12.5. The first-order valence-electron chi connectivity index (χ1n) is 11.0. The van der Waals surface area contributed by atoms with Gasteiger partial charge in [0.15, 0.2) is 5.96 Å². The molecule has 0 radical (unpaired) electrons. The van der Waals surface area contributed by atoms with Crippen LogP contribution in [-0.2, 0) is 0 Å². The van der Waals surface area contributed by atoms with Gasteiger partial charge in [-0.05, 0) is 58.0 Å². The van der Waals surface area contributed by atoms with Gasteiger partial charge in [-0.15, -0.1) is 24.0 Å². The van der Waals surface area contributed by atoms with Crippen LogP contribution in [0, 0.1) is 5.41 Å². The van der Waals surface area contributed by atoms with Crippen LogP contribution in [0.1, 0.15) is 59.3 Å². The molecular formula is C21H44IN5. The van der Waals surface area contributed by atoms with Gasteiger partial charge < -0.3 is 20.0 Å². The zero-order valence-electron chi connectivity index (χ0n) is 18.3. The van der Waals surface area contributed by atoms with Crippen molar-refractivity contribution in [3.05, 3.63) is 0 Å². The van der Waals surface area contributed by atoms with E-state index in [1.165, 1.54) is 71.2 Å². The molecule has 0 amide bonds. The molecule has 27 heavy (non-hydrogen) atoms. The van der Waals surface area contributed by atoms with Crippen molar-refractivity contribution in [2.24, 2.45) is 10.4 Å². The van der Waals surface area contributed by atoms with Gasteiger partial charge in [0.2, 0.25) is 0 Å². The maximum atomic E-state index is 4.96. The lowest BCUT2D eigenvalue weighted by atomic mass is 9.78. The number of unbranched alkanes of at least 4 members (excludes halogenated alkanes) is 1. The van der Waals surface area contributed by atoms with Crippen LogP contribution >= 0.6 is 24.0 Å². The van der Waals surface area contributed by atoms with Gasteiger partial charge in [-0.25, -0.2) is 0 Å². The van der Waals surface area contributed by atoms with Crippen LogP contribution in [0.15, 0.2) is 4.99 Å². The molecule has 1 N–H and O–H groups in total. The minimum absolute atomic E-state index is 0. The van der Waals surface area contributed by atoms with Crippen molar-refractivity contribution >= 4 is 29.9 Å². The smallest absolute Gasteiger partial charge is 0.193 e. The third kappa shape index (κ3) is 8.86. The molecule has 0 aliphatic carbocycles. The molecule has 0 aromatic heterocycles. The summed E-state index contributed by atoms with van der Waals surface area (Å²) in [7, 11) is 2.22. The molecule has 1 unspecified atom stereocenters. The van der Waals surface area contributed by atoms with Crippen molar-refractivity contribution in [1.29, 1.82) is 0 Å². The lowest BCUT2D eigenvalue weighted by molar-refractivity contribution is 0.142. The number of rotatable bonds is 8. The molecular weight excluding hydrogens is 449 g/mol. The number of guanidine groups is 1. The average molecular weight is 494 g/mol. The number of aliphatic imine (C=N–C) groups is 1. The Labute approximate surface area is 185 Å². The molecule has 2 heterocycles. The highest BCUT2D eigenvalue weighted by Crippen LogP contribution is 2.33. The van der Waals surface area contributed by atoms with Crippen LogP contribution in [0.5, 0.6) is 0 Å². The van der Waals surface area contributed by atoms with Crippen molar-refractivity contribution in [2.45, 2.75) is 59.3 Å². The van der Waals surface area contributed by atoms with Gasteiger partial charge in [0.25, 0.3) is 0 Å². The van der Waals surface area contributed by atoms with E-state index in [1.807, 2.05) is 0 Å². The maximum absolute atomic E-state index is 4.96. The number of likely N-dealkylation sites (N-methyl/N-ethyl adjacent to an activating group) is 1. The van der Waals surface area contributed by atoms with Crippen LogP contribution in [0.25, 0.3) is 0 Å². The normalized spacial score (nSPS) is 25.3. The average Bonchev–Trinajstić information content (AvgIpc) is 2.62. The Morgan fingerprint density at radius 3 is 2.48 bits per heavy atom. The summed E-state index contributed by atoms with van der Waals surface area (Å²) in [6.07, 6.45) is 7.73. The van der Waals surface area contributed by atoms with Gasteiger partial charge in [0, 0.05) is 52.4 Å². The van der Waals surface area contributed by atoms with Crippen LogP contribution in [0.2, 0.25) is 0 Å². The molecule has 2 rings (SSSR count). The van der Waals surface area contributed by atoms with Crippen molar-refractivity contribution < 1.29 is 0 Å². The first-order valence-corrected chi connectivity index (χ1v) is 11.0. The summed E-state index contributed by atoms with van der Waals surface area (Å²) < 4.78 is 0. The quantitative estimate of drug-likeness (QED) is 0.243. The number of hydrogen-bond acceptors (Lipinski definition) is 3. The van der Waals surface area contributed by atoms with E-state index in [0.717, 1.165) is 32.1 Å². The maximum Gasteiger partial charge on any atom is 0.193 e. The first-order chi connectivity index (χ1) is 12.6. The van der Waals surface area contributed by atoms with E-state index in [-0.39, 0.29) is 24.0 Å². The third-order valence-corrected chi connectivity index (χ3v) is 6.01. The second-order valence-corrected chi connectivity index (χ2v) is 8.67. The van der Waals surface area contributed by atoms with Crippen LogP contribution in [0.4, 0.5) is 0 Å². The molecule has 1 atom stereocenters. The molecule has 2 aliphatic heterocycles. The van der Waals surface area contributed by atoms with Crippen LogP contribution in [0.3, 0.4) is 0 Å². The van der Waals surface area contributed by atoms with E-state index in [0.29, 0.717) is 5.41 Å². The predicted octanol–water partition coefficient (Wildman–Crippen LogP) is 3.50. The summed E-state index contributed by atoms with van der Waals surface area (Å²) in [5.74, 6) is 1.15. The zero-order chi connectivity index (χ0) is 18.8. The fourth-order valence-corrected chi connectivity index (χ4v) is 4.43. The second kappa shape index (κ2) is 13.2. The van der Waals surface area contributed by atoms with Gasteiger partial charge in [-0.2, -0.15) is 0 Å². The summed E-state index contributed by atoms with van der Waals surface area (Å²) in [5.41, 5.74) is 0.463. The molecule has 2 fully saturated rings. The Bertz CT molecular complexity index is 419. The highest BCUT2D eigenvalue weighted by molar-refractivity contribution is 14.0. The number of hydrogen-bond donors (Lipinski definition) is 1. The number of halogens is 1. The Kier molecular flexibility index (Phi) is 12.2. The zero-order valence-corrected chi connectivity index (χ0v) is 20.6. The van der Waals surface area contributed by atoms with E-state index >= 15 is 0 Å². The van der Waals surface area contributed by atoms with E-state index in [4.69, 9.17) is 4.99 Å². The SMILES string of the molecule is CCCC1(C)CCCN(C(=NCCCCN2CCN(C)CC2)NCC)C1.I. The Morgan fingerprint density at radius 1 is 1.07 bits per heavy atom. The van der Waals surface area contributed by atoms with E-state index in [1.54, 1.807) is 0 Å². The largest absolute Gasteiger partial charge is 0.357 e. The molecule has 0 aromatic rings.